The molecule has 1 heterocycles. The Hall–Kier alpha value is -3.42. The Morgan fingerprint density at radius 2 is 1.79 bits per heavy atom. The molecular weight excluding hydrogens is 374 g/mol. The van der Waals surface area contributed by atoms with E-state index in [-0.39, 0.29) is 11.3 Å². The molecule has 0 unspecified atom stereocenters. The first kappa shape index (κ1) is 19.3. The second-order valence-corrected chi connectivity index (χ2v) is 6.05. The van der Waals surface area contributed by atoms with Crippen LogP contribution in [0.4, 0.5) is 28.9 Å². The molecule has 3 rings (SSSR count). The lowest BCUT2D eigenvalue weighted by atomic mass is 9.98. The van der Waals surface area contributed by atoms with Gasteiger partial charge in [0.25, 0.3) is 5.91 Å². The van der Waals surface area contributed by atoms with Gasteiger partial charge in [-0.1, -0.05) is 6.07 Å². The Bertz CT molecular complexity index is 1000. The van der Waals surface area contributed by atoms with Crippen molar-refractivity contribution >= 4 is 17.3 Å². The first-order valence-electron chi connectivity index (χ1n) is 8.20. The van der Waals surface area contributed by atoms with E-state index in [1.165, 1.54) is 6.07 Å². The Labute approximate surface area is 158 Å². The topological polar surface area (TPSA) is 68.0 Å². The molecule has 8 heteroatoms. The van der Waals surface area contributed by atoms with Gasteiger partial charge in [-0.2, -0.15) is 13.2 Å². The number of benzene rings is 2. The van der Waals surface area contributed by atoms with E-state index >= 15 is 0 Å². The number of anilines is 2. The normalized spacial score (nSPS) is 11.3. The van der Waals surface area contributed by atoms with E-state index in [0.717, 1.165) is 11.6 Å². The first-order chi connectivity index (χ1) is 13.3. The number of carbonyl (C=O) groups excluding carboxylic acids is 1. The number of aromatic nitrogens is 1. The molecule has 0 bridgehead atoms. The van der Waals surface area contributed by atoms with Crippen LogP contribution < -0.4 is 11.1 Å². The fourth-order valence-electron chi connectivity index (χ4n) is 2.74. The largest absolute Gasteiger partial charge is 0.419 e. The average molecular weight is 389 g/mol. The molecule has 0 radical (unpaired) electrons. The van der Waals surface area contributed by atoms with Crippen molar-refractivity contribution in [2.75, 3.05) is 11.1 Å². The van der Waals surface area contributed by atoms with Crippen LogP contribution in [0.25, 0.3) is 0 Å². The summed E-state index contributed by atoms with van der Waals surface area (Å²) in [6.07, 6.45) is -1.32. The molecule has 1 amide bonds. The van der Waals surface area contributed by atoms with E-state index in [1.807, 2.05) is 0 Å². The molecule has 3 N–H and O–H groups in total. The lowest BCUT2D eigenvalue weighted by Gasteiger charge is -2.14. The van der Waals surface area contributed by atoms with Crippen LogP contribution in [0.5, 0.6) is 0 Å². The Morgan fingerprint density at radius 1 is 1.07 bits per heavy atom. The Morgan fingerprint density at radius 3 is 2.46 bits per heavy atom. The first-order valence-corrected chi connectivity index (χ1v) is 8.20. The van der Waals surface area contributed by atoms with Crippen molar-refractivity contribution in [3.05, 3.63) is 89.0 Å². The third kappa shape index (κ3) is 4.28. The van der Waals surface area contributed by atoms with Crippen LogP contribution in [0.2, 0.25) is 0 Å². The zero-order valence-corrected chi connectivity index (χ0v) is 14.4. The highest BCUT2D eigenvalue weighted by Crippen LogP contribution is 2.33. The van der Waals surface area contributed by atoms with Crippen LogP contribution in [0.1, 0.15) is 27.0 Å². The number of hydrogen-bond acceptors (Lipinski definition) is 3. The zero-order valence-electron chi connectivity index (χ0n) is 14.4. The molecule has 0 aliphatic heterocycles. The number of nitrogens with zero attached hydrogens (tertiary/aromatic N) is 1. The lowest BCUT2D eigenvalue weighted by molar-refractivity contribution is -0.139. The van der Waals surface area contributed by atoms with Gasteiger partial charge in [-0.05, 0) is 53.6 Å². The van der Waals surface area contributed by atoms with Gasteiger partial charge in [0.2, 0.25) is 0 Å². The number of nitrogens with two attached hydrogens (primary N) is 1. The molecular formula is C20H15F4N3O. The molecule has 0 saturated heterocycles. The van der Waals surface area contributed by atoms with Crippen molar-refractivity contribution < 1.29 is 22.4 Å². The van der Waals surface area contributed by atoms with Crippen molar-refractivity contribution in [1.29, 1.82) is 0 Å². The number of rotatable bonds is 4. The van der Waals surface area contributed by atoms with E-state index in [1.54, 1.807) is 36.7 Å². The van der Waals surface area contributed by atoms with Crippen LogP contribution in [0.3, 0.4) is 0 Å². The van der Waals surface area contributed by atoms with E-state index < -0.39 is 23.5 Å². The quantitative estimate of drug-likeness (QED) is 0.504. The maximum absolute atomic E-state index is 13.4. The number of halogens is 4. The molecule has 2 aromatic carbocycles. The Balaban J connectivity index is 1.91. The second kappa shape index (κ2) is 7.67. The van der Waals surface area contributed by atoms with Crippen LogP contribution in [0.15, 0.2) is 60.9 Å². The molecule has 3 aromatic rings. The van der Waals surface area contributed by atoms with Gasteiger partial charge >= 0.3 is 6.18 Å². The number of hydrogen-bond donors (Lipinski definition) is 2. The average Bonchev–Trinajstić information content (AvgIpc) is 2.65. The molecule has 0 atom stereocenters. The standard InChI is InChI=1S/C20H15F4N3O/c21-17-5-4-13(11-16(17)20(22,23)24)27-19(28)14-2-1-3-18(25)15(14)10-12-6-8-26-9-7-12/h1-9,11H,10,25H2,(H,27,28). The van der Waals surface area contributed by atoms with Gasteiger partial charge in [0.05, 0.1) is 5.56 Å². The maximum atomic E-state index is 13.4. The molecule has 0 spiro atoms. The highest BCUT2D eigenvalue weighted by molar-refractivity contribution is 6.06. The number of carbonyl (C=O) groups is 1. The SMILES string of the molecule is Nc1cccc(C(=O)Nc2ccc(F)c(C(F)(F)F)c2)c1Cc1ccncc1. The van der Waals surface area contributed by atoms with Gasteiger partial charge in [-0.15, -0.1) is 0 Å². The summed E-state index contributed by atoms with van der Waals surface area (Å²) in [5.41, 5.74) is 6.38. The summed E-state index contributed by atoms with van der Waals surface area (Å²) in [5.74, 6) is -2.05. The molecule has 0 fully saturated rings. The van der Waals surface area contributed by atoms with Gasteiger partial charge in [-0.25, -0.2) is 4.39 Å². The van der Waals surface area contributed by atoms with Gasteiger partial charge in [0.15, 0.2) is 0 Å². The third-order valence-corrected chi connectivity index (χ3v) is 4.12. The number of alkyl halides is 3. The van der Waals surface area contributed by atoms with Gasteiger partial charge in [-0.3, -0.25) is 9.78 Å². The highest BCUT2D eigenvalue weighted by atomic mass is 19.4. The predicted octanol–water partition coefficient (Wildman–Crippen LogP) is 4.66. The van der Waals surface area contributed by atoms with Crippen LogP contribution >= 0.6 is 0 Å². The summed E-state index contributed by atoms with van der Waals surface area (Å²) in [7, 11) is 0. The van der Waals surface area contributed by atoms with Crippen LogP contribution in [-0.2, 0) is 12.6 Å². The summed E-state index contributed by atoms with van der Waals surface area (Å²) >= 11 is 0. The monoisotopic (exact) mass is 389 g/mol. The van der Waals surface area contributed by atoms with Crippen LogP contribution in [-0.4, -0.2) is 10.9 Å². The van der Waals surface area contributed by atoms with Crippen molar-refractivity contribution in [1.82, 2.24) is 4.98 Å². The molecule has 144 valence electrons. The fourth-order valence-corrected chi connectivity index (χ4v) is 2.74. The smallest absolute Gasteiger partial charge is 0.398 e. The van der Waals surface area contributed by atoms with Crippen molar-refractivity contribution in [2.45, 2.75) is 12.6 Å². The molecule has 0 saturated carbocycles. The van der Waals surface area contributed by atoms with E-state index in [2.05, 4.69) is 10.3 Å². The van der Waals surface area contributed by atoms with Crippen molar-refractivity contribution in [2.24, 2.45) is 0 Å². The number of nitrogen functional groups attached to an aromatic ring is 1. The summed E-state index contributed by atoms with van der Waals surface area (Å²) < 4.78 is 52.1. The minimum Gasteiger partial charge on any atom is -0.398 e. The molecule has 0 aliphatic carbocycles. The number of amides is 1. The van der Waals surface area contributed by atoms with Gasteiger partial charge < -0.3 is 11.1 Å². The third-order valence-electron chi connectivity index (χ3n) is 4.12. The number of nitrogens with one attached hydrogen (secondary N) is 1. The van der Waals surface area contributed by atoms with E-state index in [9.17, 15) is 22.4 Å². The van der Waals surface area contributed by atoms with E-state index in [4.69, 9.17) is 5.73 Å². The minimum atomic E-state index is -4.87. The maximum Gasteiger partial charge on any atom is 0.419 e. The molecule has 0 aliphatic rings. The zero-order chi connectivity index (χ0) is 20.3. The van der Waals surface area contributed by atoms with Crippen molar-refractivity contribution in [3.8, 4) is 0 Å². The molecule has 28 heavy (non-hydrogen) atoms. The summed E-state index contributed by atoms with van der Waals surface area (Å²) in [6, 6.07) is 10.6. The molecule has 1 aromatic heterocycles. The lowest BCUT2D eigenvalue weighted by Crippen LogP contribution is -2.17. The molecule has 4 nitrogen and oxygen atoms in total. The minimum absolute atomic E-state index is 0.170. The second-order valence-electron chi connectivity index (χ2n) is 6.05. The predicted molar refractivity (Wildman–Crippen MR) is 97.3 cm³/mol. The van der Waals surface area contributed by atoms with Crippen LogP contribution in [0, 0.1) is 5.82 Å². The highest BCUT2D eigenvalue weighted by Gasteiger charge is 2.34. The van der Waals surface area contributed by atoms with Gasteiger partial charge in [0, 0.05) is 35.8 Å². The fraction of sp³-hybridized carbons (Fsp3) is 0.100. The number of pyridine rings is 1. The van der Waals surface area contributed by atoms with E-state index in [0.29, 0.717) is 29.8 Å². The van der Waals surface area contributed by atoms with Crippen molar-refractivity contribution in [3.63, 3.8) is 0 Å². The summed E-state index contributed by atoms with van der Waals surface area (Å²) in [4.78, 5) is 16.6. The Kier molecular flexibility index (Phi) is 5.30. The summed E-state index contributed by atoms with van der Waals surface area (Å²) in [5, 5.41) is 2.38. The summed E-state index contributed by atoms with van der Waals surface area (Å²) in [6.45, 7) is 0. The van der Waals surface area contributed by atoms with Gasteiger partial charge in [0.1, 0.15) is 5.82 Å².